The molecule has 0 radical (unpaired) electrons. The third kappa shape index (κ3) is 4.90. The predicted octanol–water partition coefficient (Wildman–Crippen LogP) is 6.38. The lowest BCUT2D eigenvalue weighted by Crippen LogP contribution is -2.55. The van der Waals surface area contributed by atoms with E-state index in [9.17, 15) is 0 Å². The molecule has 0 atom stereocenters. The van der Waals surface area contributed by atoms with E-state index in [1.165, 1.54) is 60.7 Å². The number of ether oxygens (including phenoxy) is 1. The molecule has 2 aromatic heterocycles. The van der Waals surface area contributed by atoms with Crippen LogP contribution in [0.15, 0.2) is 179 Å². The summed E-state index contributed by atoms with van der Waals surface area (Å²) in [6.45, 7) is 0. The minimum atomic E-state index is -0.568. The molecule has 9 aromatic carbocycles. The maximum Gasteiger partial charge on any atom is 0.139 e. The summed E-state index contributed by atoms with van der Waals surface area (Å²) < 4.78 is 20.4. The van der Waals surface area contributed by atoms with Crippen molar-refractivity contribution in [2.45, 2.75) is 5.41 Å². The lowest BCUT2D eigenvalue weighted by atomic mass is 9.59. The highest BCUT2D eigenvalue weighted by Gasteiger charge is 2.51. The second kappa shape index (κ2) is 13.5. The molecule has 1 spiro atoms. The van der Waals surface area contributed by atoms with Gasteiger partial charge in [-0.15, -0.1) is 16.4 Å². The average Bonchev–Trinajstić information content (AvgIpc) is 4.00. The molecule has 4 nitrogen and oxygen atoms in total. The SMILES string of the molecule is Bc1c(B)c(B)c(-c2ccc3oc4cccc(N(c5ccc6c(c5)Oc5ccccc5C65c6ccccc6-c6ccccc65)c5cccc6oc7ccccc7c56)c4c3c2)c(B)c1B. The van der Waals surface area contributed by atoms with Crippen LogP contribution in [-0.4, -0.2) is 39.2 Å². The monoisotopic (exact) mass is 815 g/mol. The second-order valence-electron chi connectivity index (χ2n) is 17.7. The Morgan fingerprint density at radius 1 is 0.391 bits per heavy atom. The number of rotatable bonds is 4. The van der Waals surface area contributed by atoms with Gasteiger partial charge in [-0.3, -0.25) is 0 Å². The van der Waals surface area contributed by atoms with E-state index in [4.69, 9.17) is 13.6 Å². The first-order valence-electron chi connectivity index (χ1n) is 22.2. The summed E-state index contributed by atoms with van der Waals surface area (Å²) in [4.78, 5) is 2.39. The molecule has 1 aliphatic carbocycles. The van der Waals surface area contributed by atoms with E-state index in [1.54, 1.807) is 0 Å². The normalized spacial score (nSPS) is 13.2. The molecule has 3 heterocycles. The third-order valence-electron chi connectivity index (χ3n) is 14.7. The maximum atomic E-state index is 7.09. The van der Waals surface area contributed by atoms with E-state index in [-0.39, 0.29) is 0 Å². The highest BCUT2D eigenvalue weighted by molar-refractivity contribution is 6.68. The second-order valence-corrected chi connectivity index (χ2v) is 17.7. The van der Waals surface area contributed by atoms with Gasteiger partial charge in [-0.2, -0.15) is 0 Å². The summed E-state index contributed by atoms with van der Waals surface area (Å²) in [6.07, 6.45) is 0. The largest absolute Gasteiger partial charge is 0.457 e. The Balaban J connectivity index is 1.10. The molecule has 0 saturated carbocycles. The number of para-hydroxylation sites is 2. The molecule has 2 aliphatic rings. The van der Waals surface area contributed by atoms with Crippen molar-refractivity contribution in [3.8, 4) is 33.8 Å². The molecule has 0 fully saturated rings. The number of hydrogen-bond acceptors (Lipinski definition) is 4. The zero-order valence-corrected chi connectivity index (χ0v) is 36.3. The molecule has 0 saturated heterocycles. The Bertz CT molecular complexity index is 3740. The van der Waals surface area contributed by atoms with Crippen molar-refractivity contribution >= 4 is 127 Å². The lowest BCUT2D eigenvalue weighted by molar-refractivity contribution is 0.436. The van der Waals surface area contributed by atoms with E-state index >= 15 is 0 Å². The van der Waals surface area contributed by atoms with Crippen molar-refractivity contribution in [1.82, 2.24) is 0 Å². The zero-order valence-electron chi connectivity index (χ0n) is 36.3. The van der Waals surface area contributed by atoms with Crippen LogP contribution in [0.2, 0.25) is 0 Å². The van der Waals surface area contributed by atoms with Gasteiger partial charge in [-0.05, 0) is 88.0 Å². The summed E-state index contributed by atoms with van der Waals surface area (Å²) in [5.41, 5.74) is 22.2. The smallest absolute Gasteiger partial charge is 0.139 e. The molecule has 9 heteroatoms. The molecular formula is C55H38B5NO3. The van der Waals surface area contributed by atoms with Crippen LogP contribution < -0.4 is 37.0 Å². The molecule has 64 heavy (non-hydrogen) atoms. The van der Waals surface area contributed by atoms with Gasteiger partial charge < -0.3 is 18.5 Å². The molecule has 13 rings (SSSR count). The van der Waals surface area contributed by atoms with Crippen LogP contribution in [0.5, 0.6) is 11.5 Å². The third-order valence-corrected chi connectivity index (χ3v) is 14.7. The molecule has 0 amide bonds. The van der Waals surface area contributed by atoms with Crippen molar-refractivity contribution in [1.29, 1.82) is 0 Å². The van der Waals surface area contributed by atoms with Crippen LogP contribution in [0.1, 0.15) is 22.3 Å². The van der Waals surface area contributed by atoms with E-state index in [0.29, 0.717) is 0 Å². The fourth-order valence-corrected chi connectivity index (χ4v) is 11.4. The van der Waals surface area contributed by atoms with Gasteiger partial charge in [-0.25, -0.2) is 0 Å². The van der Waals surface area contributed by atoms with Crippen LogP contribution >= 0.6 is 0 Å². The van der Waals surface area contributed by atoms with Gasteiger partial charge in [0.05, 0.1) is 27.6 Å². The number of hydrogen-bond donors (Lipinski definition) is 0. The molecule has 296 valence electrons. The minimum absolute atomic E-state index is 0.568. The van der Waals surface area contributed by atoms with Crippen LogP contribution in [0, 0.1) is 0 Å². The van der Waals surface area contributed by atoms with Gasteiger partial charge in [0.15, 0.2) is 0 Å². The number of nitrogens with zero attached hydrogens (tertiary/aromatic N) is 1. The molecule has 0 bridgehead atoms. The van der Waals surface area contributed by atoms with Gasteiger partial charge in [0.1, 0.15) is 73.1 Å². The molecule has 0 N–H and O–H groups in total. The topological polar surface area (TPSA) is 38.8 Å². The van der Waals surface area contributed by atoms with E-state index < -0.39 is 5.41 Å². The van der Waals surface area contributed by atoms with Crippen LogP contribution in [0.3, 0.4) is 0 Å². The average molecular weight is 815 g/mol. The van der Waals surface area contributed by atoms with Crippen molar-refractivity contribution < 1.29 is 13.6 Å². The fourth-order valence-electron chi connectivity index (χ4n) is 11.4. The Kier molecular flexibility index (Phi) is 7.83. The highest BCUT2D eigenvalue weighted by atomic mass is 16.5. The predicted molar refractivity (Wildman–Crippen MR) is 279 cm³/mol. The first-order chi connectivity index (χ1) is 31.3. The van der Waals surface area contributed by atoms with Crippen molar-refractivity contribution in [2.24, 2.45) is 0 Å². The summed E-state index contributed by atoms with van der Waals surface area (Å²) in [7, 11) is 11.2. The lowest BCUT2D eigenvalue weighted by Gasteiger charge is -2.40. The summed E-state index contributed by atoms with van der Waals surface area (Å²) >= 11 is 0. The standard InChI is InChI=1S/C55H38B5NO3/c56-50-47(51(57)53(59)54(60)52(50)58)29-23-26-42-34(27-29)49-40(18-10-22-45(49)63-42)61(39-17-9-21-44-48(39)33-13-3-7-19-41(33)62-44)30-24-25-38-46(28-30)64-43-20-8-6-16-37(43)55(38)35-14-4-1-11-31(35)32-12-2-5-15-36(32)55/h1-28H,56-60H2. The molecule has 0 unspecified atom stereocenters. The minimum Gasteiger partial charge on any atom is -0.457 e. The van der Waals surface area contributed by atoms with Crippen molar-refractivity contribution in [2.75, 3.05) is 4.90 Å². The summed E-state index contributed by atoms with van der Waals surface area (Å²) in [6, 6.07) is 61.0. The quantitative estimate of drug-likeness (QED) is 0.194. The number of anilines is 3. The van der Waals surface area contributed by atoms with Crippen molar-refractivity contribution in [3.05, 3.63) is 192 Å². The van der Waals surface area contributed by atoms with Crippen LogP contribution in [0.4, 0.5) is 17.1 Å². The number of benzene rings is 9. The Hall–Kier alpha value is -7.50. The van der Waals surface area contributed by atoms with Gasteiger partial charge >= 0.3 is 0 Å². The van der Waals surface area contributed by atoms with Crippen LogP contribution in [0.25, 0.3) is 66.1 Å². The first-order valence-corrected chi connectivity index (χ1v) is 22.2. The Labute approximate surface area is 375 Å². The summed E-state index contributed by atoms with van der Waals surface area (Å²) in [5, 5.41) is 4.20. The van der Waals surface area contributed by atoms with Gasteiger partial charge in [-0.1, -0.05) is 120 Å². The van der Waals surface area contributed by atoms with Gasteiger partial charge in [0.25, 0.3) is 0 Å². The van der Waals surface area contributed by atoms with E-state index in [0.717, 1.165) is 83.6 Å². The molecule has 1 aliphatic heterocycles. The van der Waals surface area contributed by atoms with Gasteiger partial charge in [0.2, 0.25) is 0 Å². The molecular weight excluding hydrogens is 777 g/mol. The van der Waals surface area contributed by atoms with Crippen LogP contribution in [-0.2, 0) is 5.41 Å². The van der Waals surface area contributed by atoms with E-state index in [1.807, 2.05) is 6.07 Å². The van der Waals surface area contributed by atoms with Crippen molar-refractivity contribution in [3.63, 3.8) is 0 Å². The Morgan fingerprint density at radius 2 is 0.922 bits per heavy atom. The molecule has 11 aromatic rings. The maximum absolute atomic E-state index is 7.09. The Morgan fingerprint density at radius 3 is 1.61 bits per heavy atom. The summed E-state index contributed by atoms with van der Waals surface area (Å²) in [5.74, 6) is 1.68. The number of fused-ring (bicyclic) bond motifs is 15. The highest BCUT2D eigenvalue weighted by Crippen LogP contribution is 2.62. The first kappa shape index (κ1) is 37.1. The van der Waals surface area contributed by atoms with Gasteiger partial charge in [0, 0.05) is 33.7 Å². The fraction of sp³-hybridized carbons (Fsp3) is 0.0182. The van der Waals surface area contributed by atoms with E-state index in [2.05, 4.69) is 208 Å². The zero-order chi connectivity index (χ0) is 43.0. The number of furan rings is 2.